The number of hydrogen-bond donors (Lipinski definition) is 3. The Hall–Kier alpha value is -1.52. The Kier molecular flexibility index (Phi) is 6.08. The third-order valence-electron chi connectivity index (χ3n) is 3.58. The predicted octanol–water partition coefficient (Wildman–Crippen LogP) is -0.751. The molecule has 3 N–H and O–H groups in total. The Bertz CT molecular complexity index is 620. The molecule has 1 fully saturated rings. The quantitative estimate of drug-likeness (QED) is 0.562. The lowest BCUT2D eigenvalue weighted by Crippen LogP contribution is -2.35. The highest BCUT2D eigenvalue weighted by Gasteiger charge is 2.35. The van der Waals surface area contributed by atoms with E-state index in [1.54, 1.807) is 13.8 Å². The highest BCUT2D eigenvalue weighted by molar-refractivity contribution is 5.07. The molecule has 2 heterocycles. The fourth-order valence-electron chi connectivity index (χ4n) is 2.46. The molecule has 3 atom stereocenters. The summed E-state index contributed by atoms with van der Waals surface area (Å²) in [6.07, 6.45) is -1.90. The molecule has 2 rings (SSSR count). The van der Waals surface area contributed by atoms with Crippen LogP contribution in [0.4, 0.5) is 0 Å². The first-order chi connectivity index (χ1) is 11.0. The van der Waals surface area contributed by atoms with E-state index < -0.39 is 36.0 Å². The predicted molar refractivity (Wildman–Crippen MR) is 78.9 cm³/mol. The first kappa shape index (κ1) is 17.8. The molecule has 0 spiro atoms. The van der Waals surface area contributed by atoms with Crippen molar-refractivity contribution in [3.63, 3.8) is 0 Å². The molecule has 23 heavy (non-hydrogen) atoms. The van der Waals surface area contributed by atoms with Gasteiger partial charge in [-0.15, -0.1) is 0 Å². The van der Waals surface area contributed by atoms with Crippen LogP contribution < -0.4 is 11.2 Å². The zero-order valence-electron chi connectivity index (χ0n) is 13.1. The Morgan fingerprint density at radius 2 is 2.04 bits per heavy atom. The molecular weight excluding hydrogens is 308 g/mol. The number of nitrogens with zero attached hydrogens (tertiary/aromatic N) is 1. The number of aromatic amines is 1. The minimum atomic E-state index is -0.902. The molecule has 1 aliphatic heterocycles. The lowest BCUT2D eigenvalue weighted by atomic mass is 10.2. The zero-order chi connectivity index (χ0) is 17.0. The molecule has 0 aromatic carbocycles. The van der Waals surface area contributed by atoms with Crippen molar-refractivity contribution in [2.75, 3.05) is 19.8 Å². The molecule has 0 bridgehead atoms. The molecule has 0 radical (unpaired) electrons. The van der Waals surface area contributed by atoms with Crippen LogP contribution in [0.2, 0.25) is 0 Å². The van der Waals surface area contributed by atoms with Gasteiger partial charge >= 0.3 is 5.69 Å². The summed E-state index contributed by atoms with van der Waals surface area (Å²) in [6.45, 7) is 3.82. The van der Waals surface area contributed by atoms with E-state index in [-0.39, 0.29) is 18.6 Å². The van der Waals surface area contributed by atoms with Crippen molar-refractivity contribution < 1.29 is 24.4 Å². The van der Waals surface area contributed by atoms with Crippen LogP contribution in [0.15, 0.2) is 15.8 Å². The van der Waals surface area contributed by atoms with Crippen molar-refractivity contribution in [2.24, 2.45) is 0 Å². The van der Waals surface area contributed by atoms with E-state index in [1.165, 1.54) is 10.8 Å². The van der Waals surface area contributed by atoms with Crippen molar-refractivity contribution in [3.8, 4) is 0 Å². The van der Waals surface area contributed by atoms with Crippen LogP contribution in [-0.4, -0.2) is 51.8 Å². The Balaban J connectivity index is 2.36. The molecule has 0 saturated carbocycles. The molecule has 1 aromatic heterocycles. The van der Waals surface area contributed by atoms with Crippen molar-refractivity contribution in [3.05, 3.63) is 32.6 Å². The van der Waals surface area contributed by atoms with Gasteiger partial charge in [-0.25, -0.2) is 4.79 Å². The highest BCUT2D eigenvalue weighted by atomic mass is 16.7. The molecule has 0 unspecified atom stereocenters. The van der Waals surface area contributed by atoms with Gasteiger partial charge in [0, 0.05) is 25.8 Å². The van der Waals surface area contributed by atoms with Crippen LogP contribution in [0, 0.1) is 0 Å². The normalized spacial score (nSPS) is 24.5. The van der Waals surface area contributed by atoms with Gasteiger partial charge in [0.25, 0.3) is 5.56 Å². The number of aliphatic hydroxyl groups excluding tert-OH is 2. The molecule has 130 valence electrons. The minimum absolute atomic E-state index is 0.130. The molecular formula is C14H22N2O7. The van der Waals surface area contributed by atoms with E-state index in [1.807, 2.05) is 0 Å². The maximum absolute atomic E-state index is 12.0. The third-order valence-corrected chi connectivity index (χ3v) is 3.58. The van der Waals surface area contributed by atoms with Crippen molar-refractivity contribution in [1.29, 1.82) is 0 Å². The number of nitrogens with one attached hydrogen (secondary N) is 1. The SMILES string of the molecule is CCOC(OCC)c1cn([C@H]2C[C@H](O)[C@@H](CO)O2)c(=O)[nH]c1=O. The lowest BCUT2D eigenvalue weighted by molar-refractivity contribution is -0.141. The summed E-state index contributed by atoms with van der Waals surface area (Å²) in [4.78, 5) is 26.2. The highest BCUT2D eigenvalue weighted by Crippen LogP contribution is 2.27. The number of H-pyrrole nitrogens is 1. The van der Waals surface area contributed by atoms with E-state index in [0.717, 1.165) is 0 Å². The van der Waals surface area contributed by atoms with E-state index in [9.17, 15) is 14.7 Å². The first-order valence-electron chi connectivity index (χ1n) is 7.54. The average molecular weight is 330 g/mol. The van der Waals surface area contributed by atoms with E-state index >= 15 is 0 Å². The van der Waals surface area contributed by atoms with Gasteiger partial charge in [0.05, 0.1) is 18.3 Å². The van der Waals surface area contributed by atoms with Gasteiger partial charge in [0.1, 0.15) is 12.3 Å². The van der Waals surface area contributed by atoms with E-state index in [4.69, 9.17) is 19.3 Å². The molecule has 1 aliphatic rings. The van der Waals surface area contributed by atoms with Crippen LogP contribution in [0.3, 0.4) is 0 Å². The van der Waals surface area contributed by atoms with Crippen molar-refractivity contribution in [2.45, 2.75) is 45.0 Å². The van der Waals surface area contributed by atoms with Gasteiger partial charge in [0.2, 0.25) is 0 Å². The zero-order valence-corrected chi connectivity index (χ0v) is 13.1. The van der Waals surface area contributed by atoms with Crippen LogP contribution in [0.5, 0.6) is 0 Å². The summed E-state index contributed by atoms with van der Waals surface area (Å²) < 4.78 is 17.4. The van der Waals surface area contributed by atoms with Crippen molar-refractivity contribution >= 4 is 0 Å². The second kappa shape index (κ2) is 7.84. The number of hydrogen-bond acceptors (Lipinski definition) is 7. The Morgan fingerprint density at radius 3 is 2.57 bits per heavy atom. The summed E-state index contributed by atoms with van der Waals surface area (Å²) in [5, 5.41) is 18.9. The second-order valence-corrected chi connectivity index (χ2v) is 5.11. The third kappa shape index (κ3) is 3.88. The van der Waals surface area contributed by atoms with Crippen LogP contribution in [0.1, 0.15) is 38.3 Å². The molecule has 1 aromatic rings. The second-order valence-electron chi connectivity index (χ2n) is 5.11. The number of ether oxygens (including phenoxy) is 3. The number of rotatable bonds is 7. The van der Waals surface area contributed by atoms with Gasteiger partial charge in [-0.1, -0.05) is 0 Å². The summed E-state index contributed by atoms with van der Waals surface area (Å²) in [5.41, 5.74) is -1.13. The van der Waals surface area contributed by atoms with Crippen LogP contribution in [-0.2, 0) is 14.2 Å². The summed E-state index contributed by atoms with van der Waals surface area (Å²) in [5.74, 6) is 0. The first-order valence-corrected chi connectivity index (χ1v) is 7.54. The largest absolute Gasteiger partial charge is 0.394 e. The van der Waals surface area contributed by atoms with Crippen molar-refractivity contribution in [1.82, 2.24) is 9.55 Å². The topological polar surface area (TPSA) is 123 Å². The smallest absolute Gasteiger partial charge is 0.330 e. The number of aliphatic hydroxyl groups is 2. The van der Waals surface area contributed by atoms with Gasteiger partial charge in [-0.05, 0) is 13.8 Å². The molecule has 1 saturated heterocycles. The fourth-order valence-corrected chi connectivity index (χ4v) is 2.46. The summed E-state index contributed by atoms with van der Waals surface area (Å²) in [6, 6.07) is 0. The fraction of sp³-hybridized carbons (Fsp3) is 0.714. The van der Waals surface area contributed by atoms with Gasteiger partial charge in [-0.2, -0.15) is 0 Å². The maximum Gasteiger partial charge on any atom is 0.330 e. The minimum Gasteiger partial charge on any atom is -0.394 e. The van der Waals surface area contributed by atoms with Gasteiger partial charge < -0.3 is 24.4 Å². The molecule has 0 aliphatic carbocycles. The monoisotopic (exact) mass is 330 g/mol. The molecule has 9 nitrogen and oxygen atoms in total. The molecule has 0 amide bonds. The van der Waals surface area contributed by atoms with Gasteiger partial charge in [-0.3, -0.25) is 14.3 Å². The summed E-state index contributed by atoms with van der Waals surface area (Å²) in [7, 11) is 0. The molecule has 9 heteroatoms. The maximum atomic E-state index is 12.0. The Labute approximate surface area is 132 Å². The Morgan fingerprint density at radius 1 is 1.39 bits per heavy atom. The lowest BCUT2D eigenvalue weighted by Gasteiger charge is -2.19. The van der Waals surface area contributed by atoms with Crippen LogP contribution in [0.25, 0.3) is 0 Å². The van der Waals surface area contributed by atoms with E-state index in [0.29, 0.717) is 13.2 Å². The summed E-state index contributed by atoms with van der Waals surface area (Å²) >= 11 is 0. The van der Waals surface area contributed by atoms with E-state index in [2.05, 4.69) is 4.98 Å². The number of aromatic nitrogens is 2. The standard InChI is InChI=1S/C14H22N2O7/c1-3-21-13(22-4-2)8-6-16(14(20)15-12(8)19)11-5-9(18)10(7-17)23-11/h6,9-11,13,17-18H,3-5,7H2,1-2H3,(H,15,19,20)/t9-,10+,11+/m0/s1. The average Bonchev–Trinajstić information content (AvgIpc) is 2.88. The van der Waals surface area contributed by atoms with Gasteiger partial charge in [0.15, 0.2) is 6.29 Å². The van der Waals surface area contributed by atoms with Crippen LogP contribution >= 0.6 is 0 Å².